The van der Waals surface area contributed by atoms with Gasteiger partial charge in [0.15, 0.2) is 0 Å². The predicted molar refractivity (Wildman–Crippen MR) is 130 cm³/mol. The van der Waals surface area contributed by atoms with Gasteiger partial charge < -0.3 is 15.0 Å². The average molecular weight is 492 g/mol. The molecule has 0 aromatic heterocycles. The molecule has 2 saturated heterocycles. The first-order valence-corrected chi connectivity index (χ1v) is 13.3. The number of nitrogens with one attached hydrogen (secondary N) is 1. The Hall–Kier alpha value is -2.13. The summed E-state index contributed by atoms with van der Waals surface area (Å²) in [7, 11) is -3.47. The molecule has 2 aliphatic heterocycles. The van der Waals surface area contributed by atoms with E-state index in [0.717, 1.165) is 31.9 Å². The van der Waals surface area contributed by atoms with Gasteiger partial charge >= 0.3 is 0 Å². The van der Waals surface area contributed by atoms with Crippen molar-refractivity contribution < 1.29 is 17.9 Å². The minimum Gasteiger partial charge on any atom is -0.378 e. The van der Waals surface area contributed by atoms with Crippen LogP contribution in [-0.4, -0.2) is 58.0 Å². The van der Waals surface area contributed by atoms with Gasteiger partial charge in [-0.3, -0.25) is 4.79 Å². The number of carbonyl (C=O) groups excluding carboxylic acids is 1. The first-order chi connectivity index (χ1) is 15.9. The molecule has 33 heavy (non-hydrogen) atoms. The van der Waals surface area contributed by atoms with Crippen LogP contribution in [0.25, 0.3) is 0 Å². The smallest absolute Gasteiger partial charge is 0.223 e. The van der Waals surface area contributed by atoms with Gasteiger partial charge in [0, 0.05) is 49.4 Å². The zero-order valence-corrected chi connectivity index (χ0v) is 20.2. The van der Waals surface area contributed by atoms with Crippen molar-refractivity contribution in [2.75, 3.05) is 44.3 Å². The van der Waals surface area contributed by atoms with E-state index in [1.54, 1.807) is 24.3 Å². The zero-order valence-electron chi connectivity index (χ0n) is 18.6. The molecule has 0 unspecified atom stereocenters. The third-order valence-electron chi connectivity index (χ3n) is 6.29. The molecular weight excluding hydrogens is 462 g/mol. The van der Waals surface area contributed by atoms with Gasteiger partial charge in [-0.05, 0) is 42.2 Å². The molecule has 2 heterocycles. The van der Waals surface area contributed by atoms with Crippen molar-refractivity contribution in [1.82, 2.24) is 9.62 Å². The van der Waals surface area contributed by atoms with E-state index >= 15 is 0 Å². The molecule has 0 radical (unpaired) electrons. The lowest BCUT2D eigenvalue weighted by Crippen LogP contribution is -2.43. The number of hydrogen-bond acceptors (Lipinski definition) is 5. The van der Waals surface area contributed by atoms with Crippen LogP contribution in [-0.2, 0) is 31.9 Å². The molecule has 0 aliphatic carbocycles. The van der Waals surface area contributed by atoms with E-state index in [9.17, 15) is 13.2 Å². The Balaban J connectivity index is 1.24. The summed E-state index contributed by atoms with van der Waals surface area (Å²) in [6.45, 7) is 4.44. The highest BCUT2D eigenvalue weighted by molar-refractivity contribution is 7.88. The second-order valence-corrected chi connectivity index (χ2v) is 10.9. The van der Waals surface area contributed by atoms with Gasteiger partial charge in [-0.15, -0.1) is 0 Å². The maximum atomic E-state index is 12.8. The monoisotopic (exact) mass is 491 g/mol. The third kappa shape index (κ3) is 6.26. The van der Waals surface area contributed by atoms with Crippen LogP contribution >= 0.6 is 11.6 Å². The summed E-state index contributed by atoms with van der Waals surface area (Å²) < 4.78 is 32.5. The topological polar surface area (TPSA) is 79.0 Å². The molecule has 0 atom stereocenters. The van der Waals surface area contributed by atoms with Crippen LogP contribution in [0.2, 0.25) is 5.02 Å². The lowest BCUT2D eigenvalue weighted by atomic mass is 9.97. The molecule has 0 bridgehead atoms. The number of nitrogens with zero attached hydrogens (tertiary/aromatic N) is 2. The van der Waals surface area contributed by atoms with E-state index < -0.39 is 10.0 Å². The summed E-state index contributed by atoms with van der Waals surface area (Å²) in [5.74, 6) is -0.316. The average Bonchev–Trinajstić information content (AvgIpc) is 2.85. The minimum atomic E-state index is -3.47. The summed E-state index contributed by atoms with van der Waals surface area (Å²) >= 11 is 6.12. The second-order valence-electron chi connectivity index (χ2n) is 8.50. The Kier molecular flexibility index (Phi) is 7.90. The largest absolute Gasteiger partial charge is 0.378 e. The van der Waals surface area contributed by atoms with Crippen LogP contribution in [0.4, 0.5) is 5.69 Å². The standard InChI is InChI=1S/C24H30ClN3O4S/c25-23-4-2-1-3-21(23)18-33(30,31)28-11-9-20(10-12-28)24(29)26-17-19-5-7-22(8-6-19)27-13-15-32-16-14-27/h1-8,20H,9-18H2,(H,26,29). The van der Waals surface area contributed by atoms with Gasteiger partial charge in [0.2, 0.25) is 15.9 Å². The Morgan fingerprint density at radius 1 is 1.00 bits per heavy atom. The number of benzene rings is 2. The SMILES string of the molecule is O=C(NCc1ccc(N2CCOCC2)cc1)C1CCN(S(=O)(=O)Cc2ccccc2Cl)CC1. The summed E-state index contributed by atoms with van der Waals surface area (Å²) in [6, 6.07) is 15.2. The fourth-order valence-electron chi connectivity index (χ4n) is 4.28. The number of hydrogen-bond donors (Lipinski definition) is 1. The van der Waals surface area contributed by atoms with Crippen molar-refractivity contribution in [3.8, 4) is 0 Å². The third-order valence-corrected chi connectivity index (χ3v) is 8.49. The summed E-state index contributed by atoms with van der Waals surface area (Å²) in [5.41, 5.74) is 2.80. The normalized spacial score (nSPS) is 18.3. The maximum Gasteiger partial charge on any atom is 0.223 e. The van der Waals surface area contributed by atoms with E-state index in [1.807, 2.05) is 12.1 Å². The van der Waals surface area contributed by atoms with Crippen molar-refractivity contribution in [3.63, 3.8) is 0 Å². The Labute approximate surface area is 200 Å². The molecule has 2 aromatic rings. The molecule has 4 rings (SSSR count). The lowest BCUT2D eigenvalue weighted by molar-refractivity contribution is -0.126. The molecule has 7 nitrogen and oxygen atoms in total. The number of rotatable bonds is 7. The van der Waals surface area contributed by atoms with Crippen LogP contribution in [0.15, 0.2) is 48.5 Å². The van der Waals surface area contributed by atoms with Crippen LogP contribution in [0.1, 0.15) is 24.0 Å². The molecule has 2 aliphatic rings. The van der Waals surface area contributed by atoms with Gasteiger partial charge in [-0.1, -0.05) is 41.9 Å². The number of anilines is 1. The van der Waals surface area contributed by atoms with E-state index in [1.165, 1.54) is 9.99 Å². The minimum absolute atomic E-state index is 0.0181. The highest BCUT2D eigenvalue weighted by atomic mass is 35.5. The van der Waals surface area contributed by atoms with Crippen molar-refractivity contribution in [1.29, 1.82) is 0 Å². The van der Waals surface area contributed by atoms with Crippen LogP contribution in [0.3, 0.4) is 0 Å². The molecule has 1 N–H and O–H groups in total. The number of ether oxygens (including phenoxy) is 1. The first kappa shape index (κ1) is 24.0. The Bertz CT molecular complexity index is 1050. The number of sulfonamides is 1. The number of morpholine rings is 1. The molecule has 178 valence electrons. The quantitative estimate of drug-likeness (QED) is 0.644. The van der Waals surface area contributed by atoms with Crippen LogP contribution < -0.4 is 10.2 Å². The highest BCUT2D eigenvalue weighted by Crippen LogP contribution is 2.24. The van der Waals surface area contributed by atoms with Gasteiger partial charge in [0.05, 0.1) is 19.0 Å². The van der Waals surface area contributed by atoms with Gasteiger partial charge in [-0.25, -0.2) is 12.7 Å². The highest BCUT2D eigenvalue weighted by Gasteiger charge is 2.31. The number of piperidine rings is 1. The molecule has 1 amide bonds. The van der Waals surface area contributed by atoms with Crippen LogP contribution in [0, 0.1) is 5.92 Å². The molecular formula is C24H30ClN3O4S. The van der Waals surface area contributed by atoms with Crippen LogP contribution in [0.5, 0.6) is 0 Å². The predicted octanol–water partition coefficient (Wildman–Crippen LogP) is 3.03. The second kappa shape index (κ2) is 10.9. The van der Waals surface area contributed by atoms with Crippen molar-refractivity contribution in [2.24, 2.45) is 5.92 Å². The number of amides is 1. The lowest BCUT2D eigenvalue weighted by Gasteiger charge is -2.30. The summed E-state index contributed by atoms with van der Waals surface area (Å²) in [5, 5.41) is 3.46. The fourth-order valence-corrected chi connectivity index (χ4v) is 6.16. The van der Waals surface area contributed by atoms with Crippen molar-refractivity contribution in [2.45, 2.75) is 25.1 Å². The molecule has 2 fully saturated rings. The zero-order chi connectivity index (χ0) is 23.3. The molecule has 0 saturated carbocycles. The van der Waals surface area contributed by atoms with Gasteiger partial charge in [0.25, 0.3) is 0 Å². The number of halogens is 1. The first-order valence-electron chi connectivity index (χ1n) is 11.3. The fraction of sp³-hybridized carbons (Fsp3) is 0.458. The number of carbonyl (C=O) groups is 1. The maximum absolute atomic E-state index is 12.8. The molecule has 2 aromatic carbocycles. The van der Waals surface area contributed by atoms with Gasteiger partial charge in [-0.2, -0.15) is 0 Å². The molecule has 0 spiro atoms. The van der Waals surface area contributed by atoms with E-state index in [4.69, 9.17) is 16.3 Å². The Morgan fingerprint density at radius 3 is 2.33 bits per heavy atom. The van der Waals surface area contributed by atoms with E-state index in [2.05, 4.69) is 22.3 Å². The van der Waals surface area contributed by atoms with Crippen molar-refractivity contribution in [3.05, 3.63) is 64.7 Å². The van der Waals surface area contributed by atoms with E-state index in [-0.39, 0.29) is 17.6 Å². The van der Waals surface area contributed by atoms with Gasteiger partial charge in [0.1, 0.15) is 0 Å². The summed E-state index contributed by atoms with van der Waals surface area (Å²) in [4.78, 5) is 15.0. The molecule has 9 heteroatoms. The van der Waals surface area contributed by atoms with Crippen molar-refractivity contribution >= 4 is 33.2 Å². The Morgan fingerprint density at radius 2 is 1.67 bits per heavy atom. The van der Waals surface area contributed by atoms with E-state index in [0.29, 0.717) is 43.1 Å². The summed E-state index contributed by atoms with van der Waals surface area (Å²) in [6.07, 6.45) is 1.03.